The molecule has 0 aliphatic carbocycles. The topological polar surface area (TPSA) is 61.5 Å². The molecular formula is C20H25ClN4O2. The van der Waals surface area contributed by atoms with Gasteiger partial charge >= 0.3 is 6.09 Å². The van der Waals surface area contributed by atoms with Crippen molar-refractivity contribution in [1.29, 1.82) is 0 Å². The molecular weight excluding hydrogens is 364 g/mol. The van der Waals surface area contributed by atoms with Crippen LogP contribution in [0.2, 0.25) is 5.02 Å². The van der Waals surface area contributed by atoms with Crippen molar-refractivity contribution >= 4 is 17.7 Å². The number of amides is 1. The molecule has 3 heterocycles. The molecule has 1 N–H and O–H groups in total. The zero-order chi connectivity index (χ0) is 18.8. The number of nitrogens with zero attached hydrogens (tertiary/aromatic N) is 3. The van der Waals surface area contributed by atoms with Crippen LogP contribution in [0, 0.1) is 0 Å². The summed E-state index contributed by atoms with van der Waals surface area (Å²) in [6.45, 7) is 5.73. The number of carbonyl (C=O) groups excluding carboxylic acids is 1. The van der Waals surface area contributed by atoms with Crippen molar-refractivity contribution in [2.24, 2.45) is 0 Å². The van der Waals surface area contributed by atoms with Crippen molar-refractivity contribution in [3.05, 3.63) is 40.5 Å². The molecule has 7 heteroatoms. The summed E-state index contributed by atoms with van der Waals surface area (Å²) in [5, 5.41) is 8.52. The fourth-order valence-electron chi connectivity index (χ4n) is 4.10. The minimum absolute atomic E-state index is 0.184. The number of fused-ring (bicyclic) bond motifs is 1. The summed E-state index contributed by atoms with van der Waals surface area (Å²) in [4.78, 5) is 16.3. The first-order chi connectivity index (χ1) is 13.2. The molecule has 0 atom stereocenters. The molecule has 0 radical (unpaired) electrons. The number of rotatable bonds is 3. The molecule has 0 bridgehead atoms. The van der Waals surface area contributed by atoms with E-state index in [4.69, 9.17) is 16.3 Å². The number of H-pyrrole nitrogens is 1. The number of benzene rings is 1. The molecule has 1 fully saturated rings. The van der Waals surface area contributed by atoms with Gasteiger partial charge in [0.1, 0.15) is 0 Å². The lowest BCUT2D eigenvalue weighted by Crippen LogP contribution is -2.48. The number of hydrogen-bond donors (Lipinski definition) is 1. The Kier molecular flexibility index (Phi) is 5.36. The Balaban J connectivity index is 1.44. The van der Waals surface area contributed by atoms with E-state index in [-0.39, 0.29) is 6.09 Å². The third kappa shape index (κ3) is 3.82. The van der Waals surface area contributed by atoms with Crippen molar-refractivity contribution in [3.63, 3.8) is 0 Å². The second-order valence-corrected chi connectivity index (χ2v) is 7.61. The first kappa shape index (κ1) is 18.3. The Morgan fingerprint density at radius 3 is 2.70 bits per heavy atom. The van der Waals surface area contributed by atoms with Crippen LogP contribution in [0.5, 0.6) is 0 Å². The van der Waals surface area contributed by atoms with Crippen molar-refractivity contribution in [1.82, 2.24) is 20.0 Å². The van der Waals surface area contributed by atoms with Gasteiger partial charge in [0.2, 0.25) is 0 Å². The minimum Gasteiger partial charge on any atom is -0.450 e. The molecule has 2 aliphatic heterocycles. The van der Waals surface area contributed by atoms with Crippen molar-refractivity contribution < 1.29 is 9.53 Å². The summed E-state index contributed by atoms with van der Waals surface area (Å²) in [6.07, 6.45) is 2.77. The minimum atomic E-state index is -0.184. The van der Waals surface area contributed by atoms with Crippen LogP contribution in [-0.4, -0.2) is 58.4 Å². The highest BCUT2D eigenvalue weighted by atomic mass is 35.5. The van der Waals surface area contributed by atoms with Gasteiger partial charge in [0.15, 0.2) is 0 Å². The van der Waals surface area contributed by atoms with Gasteiger partial charge in [-0.15, -0.1) is 0 Å². The molecule has 2 aliphatic rings. The summed E-state index contributed by atoms with van der Waals surface area (Å²) in [6, 6.07) is 8.36. The molecule has 2 aromatic rings. The molecule has 1 aromatic carbocycles. The Morgan fingerprint density at radius 1 is 1.26 bits per heavy atom. The van der Waals surface area contributed by atoms with Crippen LogP contribution in [0.3, 0.4) is 0 Å². The number of aromatic amines is 1. The van der Waals surface area contributed by atoms with Crippen molar-refractivity contribution in [3.8, 4) is 11.3 Å². The summed E-state index contributed by atoms with van der Waals surface area (Å²) in [7, 11) is 0. The molecule has 27 heavy (non-hydrogen) atoms. The third-order valence-corrected chi connectivity index (χ3v) is 5.84. The van der Waals surface area contributed by atoms with E-state index in [1.807, 2.05) is 36.1 Å². The van der Waals surface area contributed by atoms with E-state index in [9.17, 15) is 4.79 Å². The van der Waals surface area contributed by atoms with Crippen LogP contribution in [0.1, 0.15) is 31.0 Å². The van der Waals surface area contributed by atoms with E-state index < -0.39 is 0 Å². The molecule has 1 aromatic heterocycles. The third-order valence-electron chi connectivity index (χ3n) is 5.59. The number of hydrogen-bond acceptors (Lipinski definition) is 4. The van der Waals surface area contributed by atoms with Gasteiger partial charge in [-0.2, -0.15) is 5.10 Å². The van der Waals surface area contributed by atoms with E-state index >= 15 is 0 Å². The van der Waals surface area contributed by atoms with Gasteiger partial charge in [-0.1, -0.05) is 23.7 Å². The first-order valence-electron chi connectivity index (χ1n) is 9.63. The van der Waals surface area contributed by atoms with Gasteiger partial charge in [-0.25, -0.2) is 4.79 Å². The normalized spacial score (nSPS) is 18.4. The summed E-state index contributed by atoms with van der Waals surface area (Å²) in [5.74, 6) is 0. The van der Waals surface area contributed by atoms with Gasteiger partial charge in [-0.05, 0) is 31.9 Å². The zero-order valence-electron chi connectivity index (χ0n) is 15.6. The highest BCUT2D eigenvalue weighted by Crippen LogP contribution is 2.31. The van der Waals surface area contributed by atoms with Crippen LogP contribution < -0.4 is 0 Å². The highest BCUT2D eigenvalue weighted by Gasteiger charge is 2.31. The average Bonchev–Trinajstić information content (AvgIpc) is 3.12. The second-order valence-electron chi connectivity index (χ2n) is 7.17. The number of halogens is 1. The highest BCUT2D eigenvalue weighted by molar-refractivity contribution is 6.30. The smallest absolute Gasteiger partial charge is 0.409 e. The van der Waals surface area contributed by atoms with E-state index in [0.717, 1.165) is 61.7 Å². The van der Waals surface area contributed by atoms with Crippen LogP contribution in [0.4, 0.5) is 4.79 Å². The monoisotopic (exact) mass is 388 g/mol. The molecule has 0 saturated carbocycles. The lowest BCUT2D eigenvalue weighted by molar-refractivity contribution is 0.0706. The number of ether oxygens (including phenoxy) is 1. The first-order valence-corrected chi connectivity index (χ1v) is 10.0. The van der Waals surface area contributed by atoms with Crippen molar-refractivity contribution in [2.45, 2.75) is 38.8 Å². The SMILES string of the molecule is CCOC(=O)N1CCC(N2CCc3[nH]nc(-c4ccc(Cl)cc4)c3C2)CC1. The number of likely N-dealkylation sites (tertiary alicyclic amines) is 1. The standard InChI is InChI=1S/C20H25ClN4O2/c1-2-27-20(26)24-10-7-16(8-11-24)25-12-9-18-17(13-25)19(23-22-18)14-3-5-15(21)6-4-14/h3-6,16H,2,7-13H2,1H3,(H,22,23). The fraction of sp³-hybridized carbons (Fsp3) is 0.500. The Hall–Kier alpha value is -2.05. The van der Waals surface area contributed by atoms with E-state index in [2.05, 4.69) is 15.1 Å². The maximum Gasteiger partial charge on any atom is 0.409 e. The number of piperidine rings is 1. The maximum absolute atomic E-state index is 11.9. The van der Waals surface area contributed by atoms with Crippen LogP contribution >= 0.6 is 11.6 Å². The molecule has 1 amide bonds. The maximum atomic E-state index is 11.9. The summed E-state index contributed by atoms with van der Waals surface area (Å²) >= 11 is 6.02. The Morgan fingerprint density at radius 2 is 2.00 bits per heavy atom. The van der Waals surface area contributed by atoms with Crippen molar-refractivity contribution in [2.75, 3.05) is 26.2 Å². The molecule has 1 saturated heterocycles. The largest absolute Gasteiger partial charge is 0.450 e. The lowest BCUT2D eigenvalue weighted by atomic mass is 9.96. The predicted octanol–water partition coefficient (Wildman–Crippen LogP) is 3.71. The number of aromatic nitrogens is 2. The van der Waals surface area contributed by atoms with E-state index in [1.54, 1.807) is 0 Å². The van der Waals surface area contributed by atoms with Crippen LogP contribution in [0.15, 0.2) is 24.3 Å². The van der Waals surface area contributed by atoms with Crippen LogP contribution in [0.25, 0.3) is 11.3 Å². The van der Waals surface area contributed by atoms with Gasteiger partial charge in [-0.3, -0.25) is 10.00 Å². The zero-order valence-corrected chi connectivity index (χ0v) is 16.3. The van der Waals surface area contributed by atoms with Gasteiger partial charge in [0.05, 0.1) is 12.3 Å². The predicted molar refractivity (Wildman–Crippen MR) is 105 cm³/mol. The second kappa shape index (κ2) is 7.90. The lowest BCUT2D eigenvalue weighted by Gasteiger charge is -2.39. The van der Waals surface area contributed by atoms with E-state index in [0.29, 0.717) is 12.6 Å². The van der Waals surface area contributed by atoms with Gasteiger partial charge in [0, 0.05) is 60.5 Å². The number of nitrogens with one attached hydrogen (secondary N) is 1. The number of carbonyl (C=O) groups is 1. The molecule has 0 unspecified atom stereocenters. The van der Waals surface area contributed by atoms with Gasteiger partial charge < -0.3 is 9.64 Å². The van der Waals surface area contributed by atoms with Gasteiger partial charge in [0.25, 0.3) is 0 Å². The summed E-state index contributed by atoms with van der Waals surface area (Å²) in [5.41, 5.74) is 4.64. The summed E-state index contributed by atoms with van der Waals surface area (Å²) < 4.78 is 5.12. The molecule has 4 rings (SSSR count). The fourth-order valence-corrected chi connectivity index (χ4v) is 4.23. The molecule has 144 valence electrons. The Labute approximate surface area is 164 Å². The molecule has 6 nitrogen and oxygen atoms in total. The molecule has 0 spiro atoms. The van der Waals surface area contributed by atoms with E-state index in [1.165, 1.54) is 11.3 Å². The average molecular weight is 389 g/mol. The van der Waals surface area contributed by atoms with Crippen LogP contribution in [-0.2, 0) is 17.7 Å². The Bertz CT molecular complexity index is 797. The quantitative estimate of drug-likeness (QED) is 0.870.